The minimum Gasteiger partial charge on any atom is -0.393 e. The molecule has 0 aromatic carbocycles. The summed E-state index contributed by atoms with van der Waals surface area (Å²) in [5, 5.41) is 13.1. The van der Waals surface area contributed by atoms with Crippen LogP contribution in [0.5, 0.6) is 0 Å². The maximum Gasteiger partial charge on any atom is 0.323 e. The lowest BCUT2D eigenvalue weighted by Gasteiger charge is -2.29. The summed E-state index contributed by atoms with van der Waals surface area (Å²) in [6.45, 7) is 3.50. The average Bonchev–Trinajstić information content (AvgIpc) is 2.80. The highest BCUT2D eigenvalue weighted by molar-refractivity contribution is 7.15. The molecular weight excluding hydrogens is 274 g/mol. The number of amides is 2. The summed E-state index contributed by atoms with van der Waals surface area (Å²) in [6, 6.07) is -0.0870. The van der Waals surface area contributed by atoms with Gasteiger partial charge in [-0.25, -0.2) is 9.78 Å². The molecule has 2 N–H and O–H groups in total. The molecule has 1 fully saturated rings. The molecule has 20 heavy (non-hydrogen) atoms. The molecule has 6 heteroatoms. The third-order valence-electron chi connectivity index (χ3n) is 4.15. The monoisotopic (exact) mass is 295 g/mol. The molecule has 2 amide bonds. The number of hydrogen-bond donors (Lipinski definition) is 2. The minimum absolute atomic E-state index is 0.0870. The van der Waals surface area contributed by atoms with E-state index in [-0.39, 0.29) is 12.1 Å². The fourth-order valence-electron chi connectivity index (χ4n) is 2.83. The van der Waals surface area contributed by atoms with Crippen molar-refractivity contribution in [3.05, 3.63) is 10.6 Å². The second-order valence-corrected chi connectivity index (χ2v) is 6.97. The van der Waals surface area contributed by atoms with Crippen molar-refractivity contribution in [2.24, 2.45) is 5.92 Å². The van der Waals surface area contributed by atoms with E-state index >= 15 is 0 Å². The van der Waals surface area contributed by atoms with Gasteiger partial charge < -0.3 is 10.0 Å². The van der Waals surface area contributed by atoms with E-state index in [0.717, 1.165) is 29.6 Å². The lowest BCUT2D eigenvalue weighted by atomic mass is 9.93. The fraction of sp³-hybridized carbons (Fsp3) is 0.714. The molecule has 1 aromatic rings. The Morgan fingerprint density at radius 1 is 1.40 bits per heavy atom. The topological polar surface area (TPSA) is 65.5 Å². The van der Waals surface area contributed by atoms with Crippen LogP contribution in [0, 0.1) is 5.92 Å². The van der Waals surface area contributed by atoms with Gasteiger partial charge in [0.25, 0.3) is 0 Å². The first-order valence-corrected chi connectivity index (χ1v) is 8.16. The Kier molecular flexibility index (Phi) is 3.94. The highest BCUT2D eigenvalue weighted by Crippen LogP contribution is 2.32. The fourth-order valence-corrected chi connectivity index (χ4v) is 3.99. The van der Waals surface area contributed by atoms with Crippen LogP contribution in [0.1, 0.15) is 36.8 Å². The number of hydrogen-bond acceptors (Lipinski definition) is 4. The van der Waals surface area contributed by atoms with Crippen LogP contribution in [0.4, 0.5) is 9.93 Å². The van der Waals surface area contributed by atoms with Crippen molar-refractivity contribution in [2.75, 3.05) is 18.4 Å². The maximum atomic E-state index is 12.2. The van der Waals surface area contributed by atoms with E-state index in [1.807, 2.05) is 0 Å². The molecule has 110 valence electrons. The number of aromatic nitrogens is 1. The van der Waals surface area contributed by atoms with Gasteiger partial charge in [0.1, 0.15) is 0 Å². The van der Waals surface area contributed by atoms with Crippen molar-refractivity contribution in [1.29, 1.82) is 0 Å². The van der Waals surface area contributed by atoms with Crippen LogP contribution in [-0.4, -0.2) is 40.2 Å². The summed E-state index contributed by atoms with van der Waals surface area (Å²) in [6.07, 6.45) is 4.37. The Morgan fingerprint density at radius 2 is 2.15 bits per heavy atom. The second-order valence-electron chi connectivity index (χ2n) is 5.89. The lowest BCUT2D eigenvalue weighted by molar-refractivity contribution is 0.0972. The van der Waals surface area contributed by atoms with Crippen LogP contribution < -0.4 is 5.32 Å². The molecule has 0 bridgehead atoms. The van der Waals surface area contributed by atoms with E-state index in [1.54, 1.807) is 16.2 Å². The number of carbonyl (C=O) groups excluding carboxylic acids is 1. The van der Waals surface area contributed by atoms with Gasteiger partial charge in [-0.15, -0.1) is 11.3 Å². The normalized spacial score (nSPS) is 23.5. The van der Waals surface area contributed by atoms with Crippen LogP contribution in [-0.2, 0) is 12.8 Å². The summed E-state index contributed by atoms with van der Waals surface area (Å²) in [4.78, 5) is 19.8. The number of nitrogens with zero attached hydrogens (tertiary/aromatic N) is 2. The highest BCUT2D eigenvalue weighted by Gasteiger charge is 2.24. The van der Waals surface area contributed by atoms with Gasteiger partial charge in [0.2, 0.25) is 0 Å². The molecule has 1 atom stereocenters. The summed E-state index contributed by atoms with van der Waals surface area (Å²) in [5.41, 5.74) is 1.16. The number of aryl methyl sites for hydroxylation is 1. The number of thiazole rings is 1. The largest absolute Gasteiger partial charge is 0.393 e. The van der Waals surface area contributed by atoms with Gasteiger partial charge in [-0.3, -0.25) is 5.32 Å². The first-order chi connectivity index (χ1) is 9.61. The van der Waals surface area contributed by atoms with Gasteiger partial charge in [-0.1, -0.05) is 6.92 Å². The lowest BCUT2D eigenvalue weighted by Crippen LogP contribution is -2.42. The summed E-state index contributed by atoms with van der Waals surface area (Å²) in [7, 11) is 0. The van der Waals surface area contributed by atoms with Gasteiger partial charge in [-0.05, 0) is 38.0 Å². The molecule has 0 saturated carbocycles. The second kappa shape index (κ2) is 5.69. The number of urea groups is 1. The van der Waals surface area contributed by atoms with Crippen LogP contribution in [0.15, 0.2) is 0 Å². The van der Waals surface area contributed by atoms with Crippen molar-refractivity contribution in [1.82, 2.24) is 9.88 Å². The summed E-state index contributed by atoms with van der Waals surface area (Å²) in [5.74, 6) is 0.718. The van der Waals surface area contributed by atoms with Gasteiger partial charge >= 0.3 is 6.03 Å². The van der Waals surface area contributed by atoms with Crippen molar-refractivity contribution in [2.45, 2.75) is 45.1 Å². The van der Waals surface area contributed by atoms with Crippen molar-refractivity contribution in [3.8, 4) is 0 Å². The minimum atomic E-state index is -0.257. The number of carbonyl (C=O) groups is 1. The van der Waals surface area contributed by atoms with Gasteiger partial charge in [0, 0.05) is 18.0 Å². The average molecular weight is 295 g/mol. The van der Waals surface area contributed by atoms with E-state index in [2.05, 4.69) is 17.2 Å². The standard InChI is InChI=1S/C14H21N3O2S/c1-9-2-3-11-12(8-9)20-13(15-11)16-14(19)17-6-4-10(18)5-7-17/h9-10,18H,2-8H2,1H3,(H,15,16,19). The number of anilines is 1. The first-order valence-electron chi connectivity index (χ1n) is 7.34. The zero-order valence-corrected chi connectivity index (χ0v) is 12.6. The first kappa shape index (κ1) is 13.8. The number of aliphatic hydroxyl groups excluding tert-OH is 1. The Hall–Kier alpha value is -1.14. The van der Waals surface area contributed by atoms with Crippen LogP contribution in [0.2, 0.25) is 0 Å². The number of aliphatic hydroxyl groups is 1. The Labute approximate surface area is 123 Å². The number of piperidine rings is 1. The molecule has 1 saturated heterocycles. The number of likely N-dealkylation sites (tertiary alicyclic amines) is 1. The number of fused-ring (bicyclic) bond motifs is 1. The summed E-state index contributed by atoms with van der Waals surface area (Å²) < 4.78 is 0. The molecule has 0 spiro atoms. The highest BCUT2D eigenvalue weighted by atomic mass is 32.1. The van der Waals surface area contributed by atoms with Crippen molar-refractivity contribution >= 4 is 22.5 Å². The third kappa shape index (κ3) is 2.96. The molecule has 5 nitrogen and oxygen atoms in total. The van der Waals surface area contributed by atoms with Crippen LogP contribution in [0.3, 0.4) is 0 Å². The Bertz CT molecular complexity index is 495. The molecule has 0 radical (unpaired) electrons. The third-order valence-corrected chi connectivity index (χ3v) is 5.19. The molecular formula is C14H21N3O2S. The van der Waals surface area contributed by atoms with Gasteiger partial charge in [0.05, 0.1) is 11.8 Å². The van der Waals surface area contributed by atoms with Crippen molar-refractivity contribution < 1.29 is 9.90 Å². The van der Waals surface area contributed by atoms with Crippen LogP contribution in [0.25, 0.3) is 0 Å². The number of nitrogens with one attached hydrogen (secondary N) is 1. The van der Waals surface area contributed by atoms with E-state index in [4.69, 9.17) is 0 Å². The zero-order chi connectivity index (χ0) is 14.1. The molecule has 1 unspecified atom stereocenters. The number of rotatable bonds is 1. The van der Waals surface area contributed by atoms with Gasteiger partial charge in [-0.2, -0.15) is 0 Å². The van der Waals surface area contributed by atoms with E-state index in [0.29, 0.717) is 25.9 Å². The van der Waals surface area contributed by atoms with E-state index < -0.39 is 0 Å². The summed E-state index contributed by atoms with van der Waals surface area (Å²) >= 11 is 1.61. The molecule has 2 aliphatic rings. The predicted molar refractivity (Wildman–Crippen MR) is 79.1 cm³/mol. The maximum absolute atomic E-state index is 12.2. The molecule has 1 aliphatic heterocycles. The van der Waals surface area contributed by atoms with Crippen LogP contribution >= 0.6 is 11.3 Å². The van der Waals surface area contributed by atoms with Crippen molar-refractivity contribution in [3.63, 3.8) is 0 Å². The molecule has 1 aromatic heterocycles. The molecule has 2 heterocycles. The van der Waals surface area contributed by atoms with E-state index in [1.165, 1.54) is 11.3 Å². The Balaban J connectivity index is 1.62. The Morgan fingerprint density at radius 3 is 2.90 bits per heavy atom. The quantitative estimate of drug-likeness (QED) is 0.835. The SMILES string of the molecule is CC1CCc2nc(NC(=O)N3CCC(O)CC3)sc2C1. The smallest absolute Gasteiger partial charge is 0.323 e. The zero-order valence-electron chi connectivity index (χ0n) is 11.8. The van der Waals surface area contributed by atoms with E-state index in [9.17, 15) is 9.90 Å². The molecule has 3 rings (SSSR count). The predicted octanol–water partition coefficient (Wildman–Crippen LogP) is 2.26. The molecule has 1 aliphatic carbocycles. The van der Waals surface area contributed by atoms with Gasteiger partial charge in [0.15, 0.2) is 5.13 Å².